The summed E-state index contributed by atoms with van der Waals surface area (Å²) in [5.74, 6) is 0.947. The summed E-state index contributed by atoms with van der Waals surface area (Å²) < 4.78 is 6.44. The summed E-state index contributed by atoms with van der Waals surface area (Å²) in [5, 5.41) is 5.61. The summed E-state index contributed by atoms with van der Waals surface area (Å²) in [4.78, 5) is 39.6. The minimum Gasteiger partial charge on any atom is -0.444 e. The molecule has 3 aromatic heterocycles. The molecule has 4 rings (SSSR count). The third-order valence-electron chi connectivity index (χ3n) is 4.76. The van der Waals surface area contributed by atoms with Gasteiger partial charge in [-0.1, -0.05) is 12.8 Å². The van der Waals surface area contributed by atoms with Gasteiger partial charge in [-0.25, -0.2) is 23.9 Å². The monoisotopic (exact) mass is 486 g/mol. The van der Waals surface area contributed by atoms with Crippen LogP contribution in [0.2, 0.25) is 0 Å². The van der Waals surface area contributed by atoms with Crippen molar-refractivity contribution in [3.8, 4) is 10.6 Å². The molecule has 0 aromatic carbocycles. The number of anilines is 1. The second-order valence-corrected chi connectivity index (χ2v) is 10.4. The van der Waals surface area contributed by atoms with Crippen LogP contribution in [-0.2, 0) is 11.3 Å². The number of carbonyl (C=O) groups is 2. The van der Waals surface area contributed by atoms with E-state index >= 15 is 0 Å². The number of urea groups is 1. The predicted octanol–water partition coefficient (Wildman–Crippen LogP) is 4.55. The van der Waals surface area contributed by atoms with E-state index in [0.29, 0.717) is 41.7 Å². The summed E-state index contributed by atoms with van der Waals surface area (Å²) >= 11 is 5.79. The van der Waals surface area contributed by atoms with Crippen molar-refractivity contribution in [2.45, 2.75) is 45.8 Å². The maximum absolute atomic E-state index is 12.3. The number of fused-ring (bicyclic) bond motifs is 1. The number of alkyl carbamates (subject to hydrolysis) is 1. The Morgan fingerprint density at radius 2 is 1.97 bits per heavy atom. The van der Waals surface area contributed by atoms with Gasteiger partial charge in [0.1, 0.15) is 22.6 Å². The molecule has 9 nitrogen and oxygen atoms in total. The molecule has 0 spiro atoms. The van der Waals surface area contributed by atoms with Crippen molar-refractivity contribution in [2.75, 3.05) is 10.8 Å². The maximum Gasteiger partial charge on any atom is 0.407 e. The Morgan fingerprint density at radius 3 is 2.70 bits per heavy atom. The SMILES string of the molecule is CC(C)(C)OC(=O)NCc1ccc(-c2cnc3ccc(N(S)C(=O)NCC4CC4)nc3n2)s1. The molecule has 0 unspecified atom stereocenters. The zero-order valence-corrected chi connectivity index (χ0v) is 20.4. The van der Waals surface area contributed by atoms with E-state index in [1.54, 1.807) is 18.3 Å². The molecule has 2 N–H and O–H groups in total. The molecule has 0 radical (unpaired) electrons. The number of thiophene rings is 1. The van der Waals surface area contributed by atoms with Crippen molar-refractivity contribution < 1.29 is 14.3 Å². The third kappa shape index (κ3) is 6.32. The van der Waals surface area contributed by atoms with Crippen LogP contribution in [0.25, 0.3) is 21.7 Å². The largest absolute Gasteiger partial charge is 0.444 e. The topological polar surface area (TPSA) is 109 Å². The molecule has 1 saturated carbocycles. The number of ether oxygens (including phenoxy) is 1. The molecular weight excluding hydrogens is 460 g/mol. The van der Waals surface area contributed by atoms with E-state index < -0.39 is 11.7 Å². The molecule has 0 saturated heterocycles. The highest BCUT2D eigenvalue weighted by Crippen LogP contribution is 2.29. The van der Waals surface area contributed by atoms with E-state index in [4.69, 9.17) is 4.74 Å². The van der Waals surface area contributed by atoms with Gasteiger partial charge in [0.05, 0.1) is 17.6 Å². The van der Waals surface area contributed by atoms with Gasteiger partial charge in [-0.3, -0.25) is 4.98 Å². The Hall–Kier alpha value is -2.92. The van der Waals surface area contributed by atoms with E-state index in [0.717, 1.165) is 22.6 Å². The molecule has 11 heteroatoms. The van der Waals surface area contributed by atoms with Gasteiger partial charge in [-0.2, -0.15) is 0 Å². The van der Waals surface area contributed by atoms with Crippen molar-refractivity contribution >= 4 is 53.3 Å². The Kier molecular flexibility index (Phi) is 6.71. The first-order valence-corrected chi connectivity index (χ1v) is 11.9. The van der Waals surface area contributed by atoms with Crippen LogP contribution < -0.4 is 14.9 Å². The highest BCUT2D eigenvalue weighted by Gasteiger charge is 2.23. The maximum atomic E-state index is 12.3. The zero-order valence-electron chi connectivity index (χ0n) is 18.7. The predicted molar refractivity (Wildman–Crippen MR) is 131 cm³/mol. The second-order valence-electron chi connectivity index (χ2n) is 8.83. The Bertz CT molecular complexity index is 1170. The van der Waals surface area contributed by atoms with Gasteiger partial charge >= 0.3 is 12.1 Å². The van der Waals surface area contributed by atoms with Gasteiger partial charge in [0, 0.05) is 11.4 Å². The van der Waals surface area contributed by atoms with Crippen LogP contribution in [0.15, 0.2) is 30.5 Å². The fourth-order valence-electron chi connectivity index (χ4n) is 2.94. The Balaban J connectivity index is 1.45. The number of aromatic nitrogens is 3. The first-order chi connectivity index (χ1) is 15.7. The number of hydrogen-bond donors (Lipinski definition) is 3. The average Bonchev–Trinajstić information content (AvgIpc) is 3.48. The van der Waals surface area contributed by atoms with Crippen molar-refractivity contribution in [1.29, 1.82) is 0 Å². The Morgan fingerprint density at radius 1 is 1.18 bits per heavy atom. The van der Waals surface area contributed by atoms with Gasteiger partial charge in [-0.15, -0.1) is 11.3 Å². The van der Waals surface area contributed by atoms with E-state index in [-0.39, 0.29) is 6.03 Å². The van der Waals surface area contributed by atoms with Crippen LogP contribution in [0, 0.1) is 5.92 Å². The smallest absolute Gasteiger partial charge is 0.407 e. The molecule has 1 aliphatic carbocycles. The van der Waals surface area contributed by atoms with E-state index in [1.165, 1.54) is 15.6 Å². The minimum atomic E-state index is -0.544. The zero-order chi connectivity index (χ0) is 23.6. The van der Waals surface area contributed by atoms with Crippen LogP contribution in [0.3, 0.4) is 0 Å². The van der Waals surface area contributed by atoms with E-state index in [2.05, 4.69) is 38.4 Å². The molecule has 3 heterocycles. The number of amides is 3. The summed E-state index contributed by atoms with van der Waals surface area (Å²) in [5.41, 5.74) is 1.15. The van der Waals surface area contributed by atoms with Crippen molar-refractivity contribution in [3.05, 3.63) is 35.3 Å². The van der Waals surface area contributed by atoms with Crippen LogP contribution in [-0.4, -0.2) is 39.2 Å². The molecule has 0 aliphatic heterocycles. The lowest BCUT2D eigenvalue weighted by Crippen LogP contribution is -2.35. The van der Waals surface area contributed by atoms with Crippen LogP contribution in [0.1, 0.15) is 38.5 Å². The third-order valence-corrected chi connectivity index (χ3v) is 6.25. The number of nitrogens with zero attached hydrogens (tertiary/aromatic N) is 4. The first-order valence-electron chi connectivity index (χ1n) is 10.6. The number of pyridine rings is 1. The normalized spacial score (nSPS) is 13.6. The van der Waals surface area contributed by atoms with Gasteiger partial charge in [0.15, 0.2) is 5.65 Å². The fourth-order valence-corrected chi connectivity index (χ4v) is 4.02. The van der Waals surface area contributed by atoms with E-state index in [9.17, 15) is 9.59 Å². The quantitative estimate of drug-likeness (QED) is 0.441. The molecule has 3 aromatic rings. The highest BCUT2D eigenvalue weighted by molar-refractivity contribution is 7.82. The van der Waals surface area contributed by atoms with Gasteiger partial charge < -0.3 is 15.4 Å². The van der Waals surface area contributed by atoms with Crippen LogP contribution in [0.4, 0.5) is 15.4 Å². The number of nitrogens with one attached hydrogen (secondary N) is 2. The molecule has 1 aliphatic rings. The lowest BCUT2D eigenvalue weighted by Gasteiger charge is -2.19. The molecule has 0 bridgehead atoms. The molecule has 1 fully saturated rings. The first kappa shape index (κ1) is 23.2. The van der Waals surface area contributed by atoms with Crippen molar-refractivity contribution in [1.82, 2.24) is 25.6 Å². The van der Waals surface area contributed by atoms with Gasteiger partial charge in [0.25, 0.3) is 0 Å². The summed E-state index contributed by atoms with van der Waals surface area (Å²) in [7, 11) is 0. The molecule has 0 atom stereocenters. The van der Waals surface area contributed by atoms with Gasteiger partial charge in [0.2, 0.25) is 0 Å². The van der Waals surface area contributed by atoms with Crippen LogP contribution in [0.5, 0.6) is 0 Å². The minimum absolute atomic E-state index is 0.318. The molecule has 3 amide bonds. The van der Waals surface area contributed by atoms with E-state index in [1.807, 2.05) is 32.9 Å². The number of thiol groups is 1. The van der Waals surface area contributed by atoms with Crippen molar-refractivity contribution in [2.24, 2.45) is 5.92 Å². The van der Waals surface area contributed by atoms with Crippen LogP contribution >= 0.6 is 24.2 Å². The lowest BCUT2D eigenvalue weighted by molar-refractivity contribution is 0.0524. The molecular formula is C22H26N6O3S2. The molecule has 174 valence electrons. The summed E-state index contributed by atoms with van der Waals surface area (Å²) in [6.07, 6.45) is 3.53. The summed E-state index contributed by atoms with van der Waals surface area (Å²) in [6, 6.07) is 6.98. The Labute approximate surface area is 201 Å². The number of hydrogen-bond acceptors (Lipinski definition) is 8. The number of carbonyl (C=O) groups excluding carboxylic acids is 2. The number of rotatable bonds is 6. The van der Waals surface area contributed by atoms with Gasteiger partial charge in [-0.05, 0) is 63.8 Å². The van der Waals surface area contributed by atoms with Crippen molar-refractivity contribution in [3.63, 3.8) is 0 Å². The molecule has 33 heavy (non-hydrogen) atoms. The summed E-state index contributed by atoms with van der Waals surface area (Å²) in [6.45, 7) is 6.47. The lowest BCUT2D eigenvalue weighted by atomic mass is 10.2. The fraction of sp³-hybridized carbons (Fsp3) is 0.409. The second kappa shape index (κ2) is 9.52. The standard InChI is InChI=1S/C22H26N6O3S2/c1-22(2,3)31-21(30)25-11-14-6-8-17(33-14)16-12-23-15-7-9-18(27-19(15)26-16)28(32)20(29)24-10-13-4-5-13/h6-9,12-13,32H,4-5,10-11H2,1-3H3,(H,24,29)(H,25,30). The highest BCUT2D eigenvalue weighted by atomic mass is 32.1. The average molecular weight is 487 g/mol.